The van der Waals surface area contributed by atoms with E-state index in [9.17, 15) is 27.9 Å². The molecule has 0 spiro atoms. The number of amides is 1. The topological polar surface area (TPSA) is 79.7 Å². The summed E-state index contributed by atoms with van der Waals surface area (Å²) in [6, 6.07) is 27.0. The number of likely N-dealkylation sites (tertiary alicyclic amines) is 1. The molecule has 1 fully saturated rings. The first-order valence-electron chi connectivity index (χ1n) is 14.6. The normalized spacial score (nSPS) is 14.9. The van der Waals surface area contributed by atoms with Gasteiger partial charge >= 0.3 is 12.1 Å². The molecule has 4 aromatic carbocycles. The molecule has 6 nitrogen and oxygen atoms in total. The number of rotatable bonds is 8. The fourth-order valence-electron chi connectivity index (χ4n) is 5.92. The van der Waals surface area contributed by atoms with Crippen LogP contribution in [0.25, 0.3) is 22.0 Å². The van der Waals surface area contributed by atoms with Crippen molar-refractivity contribution in [3.63, 3.8) is 0 Å². The van der Waals surface area contributed by atoms with E-state index >= 15 is 0 Å². The van der Waals surface area contributed by atoms with Crippen molar-refractivity contribution in [2.75, 3.05) is 6.54 Å². The molecule has 1 saturated heterocycles. The summed E-state index contributed by atoms with van der Waals surface area (Å²) in [5, 5.41) is 9.87. The summed E-state index contributed by atoms with van der Waals surface area (Å²) in [6.07, 6.45) is -1.50. The van der Waals surface area contributed by atoms with Crippen LogP contribution in [0.4, 0.5) is 13.2 Å². The lowest BCUT2D eigenvalue weighted by Gasteiger charge is -2.21. The highest BCUT2D eigenvalue weighted by molar-refractivity contribution is 5.98. The minimum Gasteiger partial charge on any atom is -0.489 e. The van der Waals surface area contributed by atoms with E-state index in [1.165, 1.54) is 17.2 Å². The lowest BCUT2D eigenvalue weighted by Crippen LogP contribution is -2.40. The Balaban J connectivity index is 1.31. The Morgan fingerprint density at radius 3 is 2.44 bits per heavy atom. The predicted octanol–water partition coefficient (Wildman–Crippen LogP) is 7.78. The summed E-state index contributed by atoms with van der Waals surface area (Å²) in [7, 11) is 0. The zero-order chi connectivity index (χ0) is 31.6. The molecule has 1 atom stereocenters. The third-order valence-electron chi connectivity index (χ3n) is 8.02. The molecule has 2 heterocycles. The number of carbonyl (C=O) groups is 2. The number of fused-ring (bicyclic) bond motifs is 1. The predicted molar refractivity (Wildman–Crippen MR) is 164 cm³/mol. The Hall–Kier alpha value is -5.18. The third-order valence-corrected chi connectivity index (χ3v) is 8.02. The molecule has 1 aromatic heterocycles. The molecule has 5 aromatic rings. The molecule has 1 N–H and O–H groups in total. The summed E-state index contributed by atoms with van der Waals surface area (Å²) >= 11 is 0. The van der Waals surface area contributed by atoms with Crippen LogP contribution < -0.4 is 4.74 Å². The van der Waals surface area contributed by atoms with E-state index in [-0.39, 0.29) is 18.0 Å². The number of carboxylic acids is 1. The Morgan fingerprint density at radius 2 is 1.67 bits per heavy atom. The monoisotopic (exact) mass is 610 g/mol. The first-order chi connectivity index (χ1) is 21.7. The van der Waals surface area contributed by atoms with Crippen molar-refractivity contribution in [3.05, 3.63) is 131 Å². The average molecular weight is 611 g/mol. The Labute approximate surface area is 257 Å². The summed E-state index contributed by atoms with van der Waals surface area (Å²) in [5.74, 6) is -0.849. The molecule has 6 rings (SSSR count). The largest absolute Gasteiger partial charge is 0.489 e. The number of pyridine rings is 1. The second-order valence-electron chi connectivity index (χ2n) is 11.0. The molecular weight excluding hydrogens is 581 g/mol. The lowest BCUT2D eigenvalue weighted by atomic mass is 9.92. The standard InChI is InChI=1S/C36H29F3N2O4/c37-36(38,39)30-15-6-14-29-32(27(21-40-33(29)30)18-23-8-2-1-3-9-23)25-11-5-13-28(20-25)45-22-24-10-4-12-26(19-24)34(42)41-17-7-16-31(41)35(43)44/h1-6,8-15,19-21,31H,7,16-18,22H2,(H,43,44). The zero-order valence-electron chi connectivity index (χ0n) is 24.1. The first-order valence-corrected chi connectivity index (χ1v) is 14.6. The van der Waals surface area contributed by atoms with E-state index in [4.69, 9.17) is 4.74 Å². The highest BCUT2D eigenvalue weighted by atomic mass is 19.4. The van der Waals surface area contributed by atoms with Crippen LogP contribution in [0, 0.1) is 0 Å². The van der Waals surface area contributed by atoms with Gasteiger partial charge in [-0.2, -0.15) is 13.2 Å². The van der Waals surface area contributed by atoms with Crippen molar-refractivity contribution < 1.29 is 32.6 Å². The maximum atomic E-state index is 13.9. The minimum atomic E-state index is -4.56. The van der Waals surface area contributed by atoms with E-state index < -0.39 is 23.8 Å². The van der Waals surface area contributed by atoms with Crippen LogP contribution >= 0.6 is 0 Å². The summed E-state index contributed by atoms with van der Waals surface area (Å²) in [4.78, 5) is 30.3. The van der Waals surface area contributed by atoms with Gasteiger partial charge in [0.15, 0.2) is 0 Å². The van der Waals surface area contributed by atoms with Crippen LogP contribution in [-0.2, 0) is 24.0 Å². The number of ether oxygens (including phenoxy) is 1. The number of alkyl halides is 3. The van der Waals surface area contributed by atoms with Crippen molar-refractivity contribution in [1.29, 1.82) is 0 Å². The van der Waals surface area contributed by atoms with Gasteiger partial charge in [-0.15, -0.1) is 0 Å². The highest BCUT2D eigenvalue weighted by Crippen LogP contribution is 2.39. The van der Waals surface area contributed by atoms with Gasteiger partial charge in [0.1, 0.15) is 18.4 Å². The number of para-hydroxylation sites is 1. The van der Waals surface area contributed by atoms with E-state index in [1.54, 1.807) is 42.5 Å². The third kappa shape index (κ3) is 6.38. The molecule has 9 heteroatoms. The van der Waals surface area contributed by atoms with Gasteiger partial charge in [-0.3, -0.25) is 9.78 Å². The fraction of sp³-hybridized carbons (Fsp3) is 0.194. The molecule has 0 bridgehead atoms. The van der Waals surface area contributed by atoms with Gasteiger partial charge in [-0.05, 0) is 77.4 Å². The lowest BCUT2D eigenvalue weighted by molar-refractivity contribution is -0.141. The maximum absolute atomic E-state index is 13.9. The average Bonchev–Trinajstić information content (AvgIpc) is 3.54. The molecule has 228 valence electrons. The summed E-state index contributed by atoms with van der Waals surface area (Å²) in [5.41, 5.74) is 3.29. The number of hydrogen-bond donors (Lipinski definition) is 1. The van der Waals surface area contributed by atoms with Gasteiger partial charge in [-0.25, -0.2) is 4.79 Å². The van der Waals surface area contributed by atoms with Gasteiger partial charge in [-0.1, -0.05) is 66.7 Å². The number of carbonyl (C=O) groups excluding carboxylic acids is 1. The summed E-state index contributed by atoms with van der Waals surface area (Å²) in [6.45, 7) is 0.517. The molecule has 1 unspecified atom stereocenters. The molecule has 45 heavy (non-hydrogen) atoms. The van der Waals surface area contributed by atoms with Crippen molar-refractivity contribution in [1.82, 2.24) is 9.88 Å². The van der Waals surface area contributed by atoms with Crippen LogP contribution in [0.2, 0.25) is 0 Å². The first kappa shape index (κ1) is 29.9. The number of hydrogen-bond acceptors (Lipinski definition) is 4. The van der Waals surface area contributed by atoms with Gasteiger partial charge < -0.3 is 14.7 Å². The smallest absolute Gasteiger partial charge is 0.418 e. The van der Waals surface area contributed by atoms with Crippen molar-refractivity contribution >= 4 is 22.8 Å². The second kappa shape index (κ2) is 12.4. The number of benzene rings is 4. The second-order valence-corrected chi connectivity index (χ2v) is 11.0. The Bertz CT molecular complexity index is 1870. The molecule has 0 saturated carbocycles. The quantitative estimate of drug-likeness (QED) is 0.194. The van der Waals surface area contributed by atoms with Crippen molar-refractivity contribution in [2.45, 2.75) is 38.1 Å². The van der Waals surface area contributed by atoms with E-state index in [0.717, 1.165) is 17.2 Å². The number of nitrogens with zero attached hydrogens (tertiary/aromatic N) is 2. The zero-order valence-corrected chi connectivity index (χ0v) is 24.1. The molecule has 1 aliphatic rings. The van der Waals surface area contributed by atoms with Gasteiger partial charge in [0.2, 0.25) is 0 Å². The molecule has 1 amide bonds. The molecule has 0 aliphatic carbocycles. The van der Waals surface area contributed by atoms with Crippen LogP contribution in [-0.4, -0.2) is 39.5 Å². The highest BCUT2D eigenvalue weighted by Gasteiger charge is 2.35. The number of aliphatic carboxylic acids is 1. The SMILES string of the molecule is O=C(O)C1CCCN1C(=O)c1cccc(COc2cccc(-c3c(Cc4ccccc4)cnc4c(C(F)(F)F)cccc34)c2)c1. The number of aromatic nitrogens is 1. The molecular formula is C36H29F3N2O4. The van der Waals surface area contributed by atoms with Crippen molar-refractivity contribution in [3.8, 4) is 16.9 Å². The Kier molecular flexibility index (Phi) is 8.26. The Morgan fingerprint density at radius 1 is 0.911 bits per heavy atom. The molecule has 0 radical (unpaired) electrons. The van der Waals surface area contributed by atoms with E-state index in [2.05, 4.69) is 4.98 Å². The van der Waals surface area contributed by atoms with E-state index in [0.29, 0.717) is 59.2 Å². The van der Waals surface area contributed by atoms with Gasteiger partial charge in [0.05, 0.1) is 11.1 Å². The van der Waals surface area contributed by atoms with Gasteiger partial charge in [0.25, 0.3) is 5.91 Å². The van der Waals surface area contributed by atoms with E-state index in [1.807, 2.05) is 42.5 Å². The molecule has 1 aliphatic heterocycles. The van der Waals surface area contributed by atoms with Crippen LogP contribution in [0.15, 0.2) is 103 Å². The van der Waals surface area contributed by atoms with Crippen molar-refractivity contribution in [2.24, 2.45) is 0 Å². The summed E-state index contributed by atoms with van der Waals surface area (Å²) < 4.78 is 47.9. The van der Waals surface area contributed by atoms with Crippen LogP contribution in [0.3, 0.4) is 0 Å². The minimum absolute atomic E-state index is 0.118. The van der Waals surface area contributed by atoms with Gasteiger partial charge in [0, 0.05) is 23.7 Å². The maximum Gasteiger partial charge on any atom is 0.418 e. The van der Waals surface area contributed by atoms with Crippen LogP contribution in [0.5, 0.6) is 5.75 Å². The fourth-order valence-corrected chi connectivity index (χ4v) is 5.92. The van der Waals surface area contributed by atoms with Crippen LogP contribution in [0.1, 0.15) is 45.5 Å². The number of carboxylic acid groups (broad SMARTS) is 1. The number of halogens is 3.